The third kappa shape index (κ3) is 2.28. The molecule has 0 N–H and O–H groups in total. The maximum atomic E-state index is 11.8. The number of nitrogens with zero attached hydrogens (tertiary/aromatic N) is 3. The Morgan fingerprint density at radius 3 is 2.88 bits per heavy atom. The molecule has 1 heterocycles. The Morgan fingerprint density at radius 2 is 2.18 bits per heavy atom. The second-order valence-corrected chi connectivity index (χ2v) is 4.02. The average molecular weight is 227 g/mol. The van der Waals surface area contributed by atoms with Gasteiger partial charge < -0.3 is 9.47 Å². The molecule has 0 radical (unpaired) electrons. The van der Waals surface area contributed by atoms with E-state index in [0.29, 0.717) is 5.56 Å². The summed E-state index contributed by atoms with van der Waals surface area (Å²) in [5.74, 6) is 2.38. The monoisotopic (exact) mass is 227 g/mol. The van der Waals surface area contributed by atoms with Crippen LogP contribution in [0.4, 0.5) is 0 Å². The van der Waals surface area contributed by atoms with Crippen LogP contribution in [0.5, 0.6) is 0 Å². The molecule has 86 valence electrons. The van der Waals surface area contributed by atoms with Crippen LogP contribution in [0.25, 0.3) is 11.0 Å². The van der Waals surface area contributed by atoms with Crippen molar-refractivity contribution in [2.24, 2.45) is 7.05 Å². The number of carbonyl (C=O) groups is 1. The number of aryl methyl sites for hydroxylation is 1. The molecule has 4 nitrogen and oxygen atoms in total. The quantitative estimate of drug-likeness (QED) is 0.418. The largest absolute Gasteiger partial charge is 0.338 e. The van der Waals surface area contributed by atoms with Gasteiger partial charge in [0.1, 0.15) is 0 Å². The van der Waals surface area contributed by atoms with Crippen LogP contribution >= 0.6 is 0 Å². The van der Waals surface area contributed by atoms with Gasteiger partial charge >= 0.3 is 0 Å². The highest BCUT2D eigenvalue weighted by molar-refractivity contribution is 6.10. The maximum absolute atomic E-state index is 11.8. The zero-order valence-electron chi connectivity index (χ0n) is 10.1. The zero-order valence-corrected chi connectivity index (χ0v) is 10.1. The van der Waals surface area contributed by atoms with Crippen LogP contribution in [-0.2, 0) is 7.05 Å². The van der Waals surface area contributed by atoms with E-state index in [1.807, 2.05) is 17.7 Å². The summed E-state index contributed by atoms with van der Waals surface area (Å²) in [6.07, 6.45) is 1.73. The van der Waals surface area contributed by atoms with Gasteiger partial charge in [-0.25, -0.2) is 4.98 Å². The van der Waals surface area contributed by atoms with Crippen molar-refractivity contribution in [2.75, 3.05) is 14.1 Å². The van der Waals surface area contributed by atoms with Gasteiger partial charge in [-0.15, -0.1) is 0 Å². The Bertz CT molecular complexity index is 629. The highest BCUT2D eigenvalue weighted by Crippen LogP contribution is 2.13. The van der Waals surface area contributed by atoms with Crippen molar-refractivity contribution in [2.45, 2.75) is 0 Å². The van der Waals surface area contributed by atoms with E-state index in [1.54, 1.807) is 37.5 Å². The highest BCUT2D eigenvalue weighted by Gasteiger charge is 2.06. The van der Waals surface area contributed by atoms with Crippen molar-refractivity contribution in [3.63, 3.8) is 0 Å². The summed E-state index contributed by atoms with van der Waals surface area (Å²) >= 11 is 0. The van der Waals surface area contributed by atoms with Gasteiger partial charge in [-0.2, -0.15) is 0 Å². The number of aromatic nitrogens is 2. The summed E-state index contributed by atoms with van der Waals surface area (Å²) in [5, 5.41) is 0. The van der Waals surface area contributed by atoms with Gasteiger partial charge in [0.15, 0.2) is 0 Å². The summed E-state index contributed by atoms with van der Waals surface area (Å²) in [7, 11) is 5.51. The summed E-state index contributed by atoms with van der Waals surface area (Å²) in [5.41, 5.74) is 2.39. The highest BCUT2D eigenvalue weighted by atomic mass is 16.1. The molecular formula is C13H13N3O. The summed E-state index contributed by atoms with van der Waals surface area (Å²) in [6, 6.07) is 8.13. The van der Waals surface area contributed by atoms with E-state index in [1.165, 1.54) is 0 Å². The van der Waals surface area contributed by atoms with Crippen molar-refractivity contribution < 1.29 is 4.79 Å². The first kappa shape index (κ1) is 11.2. The Morgan fingerprint density at radius 1 is 1.41 bits per heavy atom. The number of hydrogen-bond acceptors (Lipinski definition) is 3. The zero-order chi connectivity index (χ0) is 12.4. The molecule has 0 fully saturated rings. The van der Waals surface area contributed by atoms with Crippen LogP contribution in [0.2, 0.25) is 0 Å². The van der Waals surface area contributed by atoms with Gasteiger partial charge in [-0.1, -0.05) is 0 Å². The summed E-state index contributed by atoms with van der Waals surface area (Å²) in [6.45, 7) is 0. The van der Waals surface area contributed by atoms with Crippen LogP contribution in [0.15, 0.2) is 24.5 Å². The van der Waals surface area contributed by atoms with Gasteiger partial charge in [0, 0.05) is 32.8 Å². The predicted octanol–water partition coefficient (Wildman–Crippen LogP) is 1.28. The van der Waals surface area contributed by atoms with Crippen LogP contribution in [0, 0.1) is 12.0 Å². The molecule has 0 atom stereocenters. The first-order valence-corrected chi connectivity index (χ1v) is 5.22. The van der Waals surface area contributed by atoms with Gasteiger partial charge in [0.05, 0.1) is 17.4 Å². The van der Waals surface area contributed by atoms with Gasteiger partial charge in [0.2, 0.25) is 5.78 Å². The maximum Gasteiger partial charge on any atom is 0.237 e. The molecular weight excluding hydrogens is 214 g/mol. The lowest BCUT2D eigenvalue weighted by molar-refractivity contribution is 0.105. The van der Waals surface area contributed by atoms with E-state index in [0.717, 1.165) is 11.0 Å². The minimum atomic E-state index is -0.189. The molecule has 0 unspecified atom stereocenters. The SMILES string of the molecule is CN(C)C#CC(=O)c1ccc2c(c1)ncn2C. The minimum absolute atomic E-state index is 0.189. The molecule has 1 aromatic heterocycles. The summed E-state index contributed by atoms with van der Waals surface area (Å²) < 4.78 is 1.91. The number of ketones is 1. The molecule has 0 bridgehead atoms. The van der Waals surface area contributed by atoms with Crippen molar-refractivity contribution in [1.29, 1.82) is 0 Å². The van der Waals surface area contributed by atoms with Crippen LogP contribution in [0.1, 0.15) is 10.4 Å². The Labute approximate surface area is 99.9 Å². The molecule has 0 spiro atoms. The molecule has 0 aliphatic rings. The van der Waals surface area contributed by atoms with Gasteiger partial charge in [-0.3, -0.25) is 4.79 Å². The molecule has 17 heavy (non-hydrogen) atoms. The lowest BCUT2D eigenvalue weighted by atomic mass is 10.1. The molecule has 0 saturated carbocycles. The second kappa shape index (κ2) is 4.30. The lowest BCUT2D eigenvalue weighted by Crippen LogP contribution is -2.03. The third-order valence-electron chi connectivity index (χ3n) is 2.38. The molecule has 2 rings (SSSR count). The molecule has 1 aromatic carbocycles. The van der Waals surface area contributed by atoms with Crippen molar-refractivity contribution in [1.82, 2.24) is 14.5 Å². The number of Topliss-reactive ketones (excluding diaryl/α,β-unsaturated/α-hetero) is 1. The van der Waals surface area contributed by atoms with Crippen molar-refractivity contribution in [3.05, 3.63) is 30.1 Å². The lowest BCUT2D eigenvalue weighted by Gasteiger charge is -1.98. The first-order chi connectivity index (χ1) is 8.08. The van der Waals surface area contributed by atoms with E-state index >= 15 is 0 Å². The van der Waals surface area contributed by atoms with Crippen molar-refractivity contribution >= 4 is 16.8 Å². The number of carbonyl (C=O) groups excluding carboxylic acids is 1. The Kier molecular flexibility index (Phi) is 2.84. The predicted molar refractivity (Wildman–Crippen MR) is 66.5 cm³/mol. The first-order valence-electron chi connectivity index (χ1n) is 5.22. The number of rotatable bonds is 1. The molecule has 0 aliphatic carbocycles. The molecule has 0 saturated heterocycles. The number of benzene rings is 1. The second-order valence-electron chi connectivity index (χ2n) is 4.02. The molecule has 0 amide bonds. The number of imidazole rings is 1. The topological polar surface area (TPSA) is 38.1 Å². The van der Waals surface area contributed by atoms with Gasteiger partial charge in [-0.05, 0) is 24.1 Å². The minimum Gasteiger partial charge on any atom is -0.338 e. The normalized spacial score (nSPS) is 9.82. The van der Waals surface area contributed by atoms with E-state index in [4.69, 9.17) is 0 Å². The number of hydrogen-bond donors (Lipinski definition) is 0. The number of fused-ring (bicyclic) bond motifs is 1. The van der Waals surface area contributed by atoms with Crippen LogP contribution < -0.4 is 0 Å². The third-order valence-corrected chi connectivity index (χ3v) is 2.38. The fraction of sp³-hybridized carbons (Fsp3) is 0.231. The molecule has 2 aromatic rings. The van der Waals surface area contributed by atoms with E-state index in [2.05, 4.69) is 16.9 Å². The smallest absolute Gasteiger partial charge is 0.237 e. The average Bonchev–Trinajstić information content (AvgIpc) is 2.67. The van der Waals surface area contributed by atoms with Gasteiger partial charge in [0.25, 0.3) is 0 Å². The fourth-order valence-electron chi connectivity index (χ4n) is 1.51. The molecule has 0 aliphatic heterocycles. The van der Waals surface area contributed by atoms with E-state index in [9.17, 15) is 4.79 Å². The standard InChI is InChI=1S/C13H13N3O/c1-15(2)7-6-13(17)10-4-5-12-11(8-10)14-9-16(12)3/h4-5,8-9H,1-3H3. The molecule has 4 heteroatoms. The fourth-order valence-corrected chi connectivity index (χ4v) is 1.51. The van der Waals surface area contributed by atoms with Crippen molar-refractivity contribution in [3.8, 4) is 12.0 Å². The van der Waals surface area contributed by atoms with Crippen LogP contribution in [0.3, 0.4) is 0 Å². The Balaban J connectivity index is 2.38. The Hall–Kier alpha value is -2.28. The van der Waals surface area contributed by atoms with E-state index < -0.39 is 0 Å². The van der Waals surface area contributed by atoms with Crippen LogP contribution in [-0.4, -0.2) is 34.3 Å². The summed E-state index contributed by atoms with van der Waals surface area (Å²) in [4.78, 5) is 17.6. The van der Waals surface area contributed by atoms with E-state index in [-0.39, 0.29) is 5.78 Å².